The fraction of sp³-hybridized carbons (Fsp3) is 0.263. The first-order valence-electron chi connectivity index (χ1n) is 9.08. The Balaban J connectivity index is 1.75. The van der Waals surface area contributed by atoms with E-state index in [4.69, 9.17) is 23.2 Å². The molecule has 1 aliphatic rings. The number of rotatable bonds is 4. The summed E-state index contributed by atoms with van der Waals surface area (Å²) >= 11 is 11.6. The molecule has 1 saturated heterocycles. The van der Waals surface area contributed by atoms with Crippen LogP contribution in [-0.2, 0) is 0 Å². The molecule has 1 aliphatic heterocycles. The number of piperazine rings is 1. The van der Waals surface area contributed by atoms with Gasteiger partial charge in [0.2, 0.25) is 0 Å². The van der Waals surface area contributed by atoms with E-state index >= 15 is 0 Å². The van der Waals surface area contributed by atoms with Crippen LogP contribution in [0.25, 0.3) is 0 Å². The van der Waals surface area contributed by atoms with Gasteiger partial charge in [0.25, 0.3) is 23.2 Å². The third kappa shape index (κ3) is 4.59. The van der Waals surface area contributed by atoms with Gasteiger partial charge < -0.3 is 9.80 Å². The van der Waals surface area contributed by atoms with Gasteiger partial charge >= 0.3 is 0 Å². The summed E-state index contributed by atoms with van der Waals surface area (Å²) in [7, 11) is 0. The number of halogens is 2. The quantitative estimate of drug-likeness (QED) is 0.497. The lowest BCUT2D eigenvalue weighted by Gasteiger charge is -2.40. The van der Waals surface area contributed by atoms with Gasteiger partial charge in [-0.1, -0.05) is 23.2 Å². The second kappa shape index (κ2) is 8.86. The lowest BCUT2D eigenvalue weighted by molar-refractivity contribution is -0.384. The average molecular weight is 467 g/mol. The zero-order chi connectivity index (χ0) is 22.9. The number of carbonyl (C=O) groups excluding carboxylic acids is 2. The number of nitrogens with zero attached hydrogens (tertiary/aromatic N) is 4. The maximum Gasteiger partial charge on any atom is 0.288 e. The third-order valence-corrected chi connectivity index (χ3v) is 5.59. The van der Waals surface area contributed by atoms with Crippen molar-refractivity contribution in [3.8, 4) is 0 Å². The molecule has 1 fully saturated rings. The van der Waals surface area contributed by atoms with Crippen molar-refractivity contribution in [2.45, 2.75) is 13.0 Å². The van der Waals surface area contributed by atoms with Crippen molar-refractivity contribution < 1.29 is 19.4 Å². The highest BCUT2D eigenvalue weighted by atomic mass is 35.5. The van der Waals surface area contributed by atoms with E-state index in [2.05, 4.69) is 0 Å². The lowest BCUT2D eigenvalue weighted by atomic mass is 10.1. The molecular formula is C19H16Cl2N4O6. The molecule has 31 heavy (non-hydrogen) atoms. The van der Waals surface area contributed by atoms with Crippen LogP contribution in [-0.4, -0.2) is 57.1 Å². The van der Waals surface area contributed by atoms with E-state index in [0.29, 0.717) is 0 Å². The lowest BCUT2D eigenvalue weighted by Crippen LogP contribution is -2.55. The first kappa shape index (κ1) is 22.4. The Morgan fingerprint density at radius 3 is 1.84 bits per heavy atom. The van der Waals surface area contributed by atoms with E-state index in [1.54, 1.807) is 6.92 Å². The Kier molecular flexibility index (Phi) is 6.42. The van der Waals surface area contributed by atoms with Gasteiger partial charge in [-0.3, -0.25) is 29.8 Å². The van der Waals surface area contributed by atoms with Crippen LogP contribution in [0.1, 0.15) is 27.6 Å². The molecule has 162 valence electrons. The van der Waals surface area contributed by atoms with Crippen molar-refractivity contribution in [3.05, 3.63) is 77.8 Å². The molecular weight excluding hydrogens is 451 g/mol. The molecule has 3 rings (SSSR count). The third-order valence-electron chi connectivity index (χ3n) is 4.96. The number of hydrogen-bond acceptors (Lipinski definition) is 6. The minimum absolute atomic E-state index is 0.0672. The Morgan fingerprint density at radius 2 is 1.39 bits per heavy atom. The first-order chi connectivity index (χ1) is 14.6. The molecule has 2 amide bonds. The van der Waals surface area contributed by atoms with E-state index in [9.17, 15) is 29.8 Å². The van der Waals surface area contributed by atoms with Gasteiger partial charge in [-0.05, 0) is 31.2 Å². The van der Waals surface area contributed by atoms with Crippen molar-refractivity contribution in [2.24, 2.45) is 0 Å². The normalized spacial score (nSPS) is 16.2. The van der Waals surface area contributed by atoms with Crippen molar-refractivity contribution in [3.63, 3.8) is 0 Å². The highest BCUT2D eigenvalue weighted by Crippen LogP contribution is 2.28. The summed E-state index contributed by atoms with van der Waals surface area (Å²) in [6.07, 6.45) is 0. The van der Waals surface area contributed by atoms with E-state index in [-0.39, 0.29) is 58.2 Å². The van der Waals surface area contributed by atoms with Crippen LogP contribution in [0.15, 0.2) is 36.4 Å². The summed E-state index contributed by atoms with van der Waals surface area (Å²) in [4.78, 5) is 49.5. The summed E-state index contributed by atoms with van der Waals surface area (Å²) in [5.41, 5.74) is -0.482. The molecule has 0 bridgehead atoms. The molecule has 1 heterocycles. The molecule has 2 aromatic carbocycles. The fourth-order valence-corrected chi connectivity index (χ4v) is 3.74. The molecule has 10 nitrogen and oxygen atoms in total. The number of hydrogen-bond donors (Lipinski definition) is 0. The van der Waals surface area contributed by atoms with Crippen molar-refractivity contribution >= 4 is 46.4 Å². The molecule has 1 atom stereocenters. The highest BCUT2D eigenvalue weighted by molar-refractivity contribution is 6.33. The number of benzene rings is 2. The van der Waals surface area contributed by atoms with Crippen molar-refractivity contribution in [2.75, 3.05) is 19.6 Å². The fourth-order valence-electron chi connectivity index (χ4n) is 3.36. The average Bonchev–Trinajstić information content (AvgIpc) is 2.73. The minimum atomic E-state index is -0.663. The van der Waals surface area contributed by atoms with Gasteiger partial charge in [0.05, 0.1) is 9.85 Å². The van der Waals surface area contributed by atoms with E-state index in [1.165, 1.54) is 34.1 Å². The zero-order valence-corrected chi connectivity index (χ0v) is 17.7. The molecule has 1 unspecified atom stereocenters. The van der Waals surface area contributed by atoms with Crippen LogP contribution >= 0.6 is 23.2 Å². The SMILES string of the molecule is CC1CN(C(=O)c2ccc(Cl)c([N+](=O)[O-])c2)CCN1C(=O)c1ccc(Cl)c([N+](=O)[O-])c1. The Bertz CT molecular complexity index is 1090. The van der Waals surface area contributed by atoms with Gasteiger partial charge in [-0.15, -0.1) is 0 Å². The molecule has 0 saturated carbocycles. The van der Waals surface area contributed by atoms with Crippen LogP contribution in [0.5, 0.6) is 0 Å². The first-order valence-corrected chi connectivity index (χ1v) is 9.84. The topological polar surface area (TPSA) is 127 Å². The van der Waals surface area contributed by atoms with Crippen LogP contribution in [0, 0.1) is 20.2 Å². The summed E-state index contributed by atoms with van der Waals surface area (Å²) < 4.78 is 0. The monoisotopic (exact) mass is 466 g/mol. The van der Waals surface area contributed by atoms with Gasteiger partial charge in [0.15, 0.2) is 0 Å². The Hall–Kier alpha value is -3.24. The predicted octanol–water partition coefficient (Wildman–Crippen LogP) is 3.80. The molecule has 0 aromatic heterocycles. The van der Waals surface area contributed by atoms with Crippen molar-refractivity contribution in [1.82, 2.24) is 9.80 Å². The number of nitro benzene ring substituents is 2. The largest absolute Gasteiger partial charge is 0.335 e. The van der Waals surface area contributed by atoms with Gasteiger partial charge in [-0.25, -0.2) is 0 Å². The zero-order valence-electron chi connectivity index (χ0n) is 16.2. The molecule has 12 heteroatoms. The maximum atomic E-state index is 12.9. The summed E-state index contributed by atoms with van der Waals surface area (Å²) in [5.74, 6) is -0.831. The van der Waals surface area contributed by atoms with Crippen LogP contribution in [0.4, 0.5) is 11.4 Å². The highest BCUT2D eigenvalue weighted by Gasteiger charge is 2.32. The predicted molar refractivity (Wildman–Crippen MR) is 113 cm³/mol. The van der Waals surface area contributed by atoms with E-state index < -0.39 is 21.7 Å². The Labute approximate surface area is 186 Å². The summed E-state index contributed by atoms with van der Waals surface area (Å²) in [6.45, 7) is 2.32. The Morgan fingerprint density at radius 1 is 0.903 bits per heavy atom. The van der Waals surface area contributed by atoms with E-state index in [1.807, 2.05) is 0 Å². The van der Waals surface area contributed by atoms with Gasteiger partial charge in [0, 0.05) is 48.9 Å². The molecule has 0 spiro atoms. The number of amides is 2. The van der Waals surface area contributed by atoms with Crippen LogP contribution < -0.4 is 0 Å². The standard InChI is InChI=1S/C19H16Cl2N4O6/c1-11-10-22(18(26)12-2-4-14(20)16(8-12)24(28)29)6-7-23(11)19(27)13-3-5-15(21)17(9-13)25(30)31/h2-5,8-9,11H,6-7,10H2,1H3. The molecule has 0 N–H and O–H groups in total. The summed E-state index contributed by atoms with van der Waals surface area (Å²) in [6, 6.07) is 7.28. The smallest absolute Gasteiger partial charge is 0.288 e. The second-order valence-corrected chi connectivity index (χ2v) is 7.76. The van der Waals surface area contributed by atoms with Gasteiger partial charge in [-0.2, -0.15) is 0 Å². The van der Waals surface area contributed by atoms with Crippen molar-refractivity contribution in [1.29, 1.82) is 0 Å². The minimum Gasteiger partial charge on any atom is -0.335 e. The summed E-state index contributed by atoms with van der Waals surface area (Å²) in [5, 5.41) is 22.0. The molecule has 2 aromatic rings. The van der Waals surface area contributed by atoms with Crippen LogP contribution in [0.2, 0.25) is 10.0 Å². The maximum absolute atomic E-state index is 12.9. The number of nitro groups is 2. The second-order valence-electron chi connectivity index (χ2n) is 6.95. The molecule has 0 aliphatic carbocycles. The molecule has 0 radical (unpaired) electrons. The van der Waals surface area contributed by atoms with Crippen LogP contribution in [0.3, 0.4) is 0 Å². The van der Waals surface area contributed by atoms with E-state index in [0.717, 1.165) is 12.1 Å². The number of carbonyl (C=O) groups is 2. The van der Waals surface area contributed by atoms with Gasteiger partial charge in [0.1, 0.15) is 10.0 Å².